The molecule has 0 aliphatic carbocycles. The van der Waals surface area contributed by atoms with E-state index < -0.39 is 30.5 Å². The normalized spacial score (nSPS) is 13.9. The van der Waals surface area contributed by atoms with Crippen molar-refractivity contribution >= 4 is 19.0 Å². The lowest BCUT2D eigenvalue weighted by atomic mass is 9.82. The van der Waals surface area contributed by atoms with E-state index in [1.165, 1.54) is 23.2 Å². The molecule has 142 valence electrons. The highest BCUT2D eigenvalue weighted by atomic mass is 16.5. The summed E-state index contributed by atoms with van der Waals surface area (Å²) in [5, 5.41) is 37.5. The number of imidazole rings is 1. The van der Waals surface area contributed by atoms with E-state index in [2.05, 4.69) is 9.97 Å². The Morgan fingerprint density at radius 3 is 2.67 bits per heavy atom. The van der Waals surface area contributed by atoms with Gasteiger partial charge in [-0.3, -0.25) is 4.79 Å². The van der Waals surface area contributed by atoms with Crippen molar-refractivity contribution in [2.24, 2.45) is 0 Å². The Morgan fingerprint density at radius 1 is 1.33 bits per heavy atom. The van der Waals surface area contributed by atoms with Crippen molar-refractivity contribution < 1.29 is 34.6 Å². The summed E-state index contributed by atoms with van der Waals surface area (Å²) in [7, 11) is -1.55. The van der Waals surface area contributed by atoms with Gasteiger partial charge in [0.05, 0.1) is 13.1 Å². The van der Waals surface area contributed by atoms with Crippen molar-refractivity contribution in [2.45, 2.75) is 18.8 Å². The molecule has 1 fully saturated rings. The summed E-state index contributed by atoms with van der Waals surface area (Å²) in [5.41, 5.74) is -0.119. The van der Waals surface area contributed by atoms with Crippen LogP contribution in [0.2, 0.25) is 6.32 Å². The number of hydrogen-bond donors (Lipinski definition) is 5. The Labute approximate surface area is 154 Å². The molecule has 1 amide bonds. The van der Waals surface area contributed by atoms with Crippen molar-refractivity contribution in [3.63, 3.8) is 0 Å². The number of benzene rings is 1. The monoisotopic (exact) mass is 375 g/mol. The number of aromatic carboxylic acids is 1. The van der Waals surface area contributed by atoms with Crippen LogP contribution in [0.4, 0.5) is 0 Å². The highest BCUT2D eigenvalue weighted by Crippen LogP contribution is 2.34. The van der Waals surface area contributed by atoms with E-state index in [1.807, 2.05) is 0 Å². The highest BCUT2D eigenvalue weighted by Gasteiger charge is 2.35. The lowest BCUT2D eigenvalue weighted by Gasteiger charge is -2.38. The maximum absolute atomic E-state index is 12.1. The van der Waals surface area contributed by atoms with Gasteiger partial charge in [-0.15, -0.1) is 0 Å². The van der Waals surface area contributed by atoms with E-state index in [4.69, 9.17) is 14.8 Å². The predicted molar refractivity (Wildman–Crippen MR) is 92.7 cm³/mol. The molecule has 0 radical (unpaired) electrons. The number of likely N-dealkylation sites (tertiary alicyclic amines) is 1. The van der Waals surface area contributed by atoms with Gasteiger partial charge < -0.3 is 34.9 Å². The molecular weight excluding hydrogens is 357 g/mol. The van der Waals surface area contributed by atoms with E-state index in [0.29, 0.717) is 0 Å². The van der Waals surface area contributed by atoms with Crippen LogP contribution in [0.25, 0.3) is 0 Å². The number of aromatic nitrogens is 2. The molecule has 1 aromatic heterocycles. The van der Waals surface area contributed by atoms with Gasteiger partial charge in [0.15, 0.2) is 5.82 Å². The quantitative estimate of drug-likeness (QED) is 0.414. The Hall–Kier alpha value is -3.05. The number of carboxylic acids is 1. The number of aromatic amines is 1. The lowest BCUT2D eigenvalue weighted by Crippen LogP contribution is -2.56. The molecule has 1 aliphatic rings. The van der Waals surface area contributed by atoms with E-state index in [0.717, 1.165) is 0 Å². The predicted octanol–water partition coefficient (Wildman–Crippen LogP) is -0.268. The van der Waals surface area contributed by atoms with Gasteiger partial charge in [0.1, 0.15) is 23.2 Å². The summed E-state index contributed by atoms with van der Waals surface area (Å²) in [6, 6.07) is 2.89. The van der Waals surface area contributed by atoms with Crippen LogP contribution >= 0.6 is 0 Å². The summed E-state index contributed by atoms with van der Waals surface area (Å²) in [6.45, 7) is 0.523. The van der Waals surface area contributed by atoms with Crippen molar-refractivity contribution in [2.75, 3.05) is 13.1 Å². The molecule has 0 atom stereocenters. The number of phenols is 1. The first-order valence-corrected chi connectivity index (χ1v) is 8.26. The molecule has 0 spiro atoms. The average molecular weight is 375 g/mol. The molecule has 2 aromatic rings. The van der Waals surface area contributed by atoms with E-state index in [-0.39, 0.29) is 48.9 Å². The number of nitrogens with one attached hydrogen (secondary N) is 1. The number of carbonyl (C=O) groups excluding carboxylic acids is 1. The zero-order chi connectivity index (χ0) is 19.6. The van der Waals surface area contributed by atoms with Gasteiger partial charge in [0, 0.05) is 12.4 Å². The second kappa shape index (κ2) is 7.68. The fourth-order valence-corrected chi connectivity index (χ4v) is 2.80. The first kappa shape index (κ1) is 18.7. The second-order valence-corrected chi connectivity index (χ2v) is 6.16. The zero-order valence-electron chi connectivity index (χ0n) is 14.2. The van der Waals surface area contributed by atoms with Crippen LogP contribution < -0.4 is 4.74 Å². The van der Waals surface area contributed by atoms with Crippen molar-refractivity contribution in [3.05, 3.63) is 41.5 Å². The molecule has 1 aromatic carbocycles. The first-order valence-electron chi connectivity index (χ1n) is 8.26. The standard InChI is InChI=1S/C16H18BN3O7/c21-13-9(3-4-17(25)26)1-2-11(12(13)16(23)24)27-10-7-20(8-10)15(22)14-18-5-6-19-14/h1-2,5-6,10,21,25-26H,3-4,7-8H2,(H,18,19)(H,23,24). The molecule has 2 heterocycles. The van der Waals surface area contributed by atoms with Gasteiger partial charge in [0.2, 0.25) is 0 Å². The highest BCUT2D eigenvalue weighted by molar-refractivity contribution is 6.41. The number of H-pyrrole nitrogens is 1. The zero-order valence-corrected chi connectivity index (χ0v) is 14.2. The Bertz CT molecular complexity index is 835. The number of carboxylic acid groups (broad SMARTS) is 1. The molecule has 0 saturated carbocycles. The first-order chi connectivity index (χ1) is 12.9. The molecule has 1 aliphatic heterocycles. The molecule has 5 N–H and O–H groups in total. The number of aromatic hydroxyl groups is 1. The van der Waals surface area contributed by atoms with Crippen molar-refractivity contribution in [1.29, 1.82) is 0 Å². The van der Waals surface area contributed by atoms with Crippen LogP contribution in [0.5, 0.6) is 11.5 Å². The minimum absolute atomic E-state index is 0.0107. The third kappa shape index (κ3) is 4.04. The molecule has 0 bridgehead atoms. The fraction of sp³-hybridized carbons (Fsp3) is 0.312. The Kier molecular flexibility index (Phi) is 5.33. The number of amides is 1. The van der Waals surface area contributed by atoms with E-state index in [9.17, 15) is 19.8 Å². The average Bonchev–Trinajstić information content (AvgIpc) is 3.10. The van der Waals surface area contributed by atoms with Crippen LogP contribution in [-0.2, 0) is 6.42 Å². The van der Waals surface area contributed by atoms with Gasteiger partial charge in [-0.05, 0) is 24.4 Å². The van der Waals surface area contributed by atoms with Crippen LogP contribution in [0.1, 0.15) is 26.5 Å². The molecule has 3 rings (SSSR count). The third-order valence-electron chi connectivity index (χ3n) is 4.24. The fourth-order valence-electron chi connectivity index (χ4n) is 2.80. The number of hydrogen-bond acceptors (Lipinski definition) is 7. The lowest BCUT2D eigenvalue weighted by molar-refractivity contribution is 0.0160. The van der Waals surface area contributed by atoms with Crippen molar-refractivity contribution in [1.82, 2.24) is 14.9 Å². The maximum Gasteiger partial charge on any atom is 0.451 e. The Morgan fingerprint density at radius 2 is 2.07 bits per heavy atom. The maximum atomic E-state index is 12.1. The van der Waals surface area contributed by atoms with Gasteiger partial charge in [-0.1, -0.05) is 6.07 Å². The number of rotatable bonds is 7. The Balaban J connectivity index is 1.67. The van der Waals surface area contributed by atoms with Crippen LogP contribution in [0.3, 0.4) is 0 Å². The summed E-state index contributed by atoms with van der Waals surface area (Å²) >= 11 is 0. The molecular formula is C16H18BN3O7. The number of nitrogens with zero attached hydrogens (tertiary/aromatic N) is 2. The molecule has 27 heavy (non-hydrogen) atoms. The summed E-state index contributed by atoms with van der Waals surface area (Å²) in [4.78, 5) is 31.7. The number of ether oxygens (including phenoxy) is 1. The third-order valence-corrected chi connectivity index (χ3v) is 4.24. The second-order valence-electron chi connectivity index (χ2n) is 6.16. The van der Waals surface area contributed by atoms with Gasteiger partial charge in [-0.25, -0.2) is 9.78 Å². The number of aryl methyl sites for hydroxylation is 1. The molecule has 11 heteroatoms. The minimum atomic E-state index is -1.55. The van der Waals surface area contributed by atoms with Crippen LogP contribution in [0, 0.1) is 0 Å². The minimum Gasteiger partial charge on any atom is -0.507 e. The SMILES string of the molecule is O=C(O)c1c(OC2CN(C(=O)c3ncc[nH]3)C2)ccc(CCB(O)O)c1O. The summed E-state index contributed by atoms with van der Waals surface area (Å²) in [5.74, 6) is -1.91. The van der Waals surface area contributed by atoms with E-state index >= 15 is 0 Å². The van der Waals surface area contributed by atoms with E-state index in [1.54, 1.807) is 6.20 Å². The van der Waals surface area contributed by atoms with Gasteiger partial charge in [0.25, 0.3) is 5.91 Å². The summed E-state index contributed by atoms with van der Waals surface area (Å²) in [6.07, 6.45) is 2.66. The largest absolute Gasteiger partial charge is 0.507 e. The van der Waals surface area contributed by atoms with Crippen molar-refractivity contribution in [3.8, 4) is 11.5 Å². The smallest absolute Gasteiger partial charge is 0.451 e. The van der Waals surface area contributed by atoms with Gasteiger partial charge in [-0.2, -0.15) is 0 Å². The molecule has 1 saturated heterocycles. The van der Waals surface area contributed by atoms with Crippen LogP contribution in [0.15, 0.2) is 24.5 Å². The summed E-state index contributed by atoms with van der Waals surface area (Å²) < 4.78 is 5.64. The topological polar surface area (TPSA) is 156 Å². The van der Waals surface area contributed by atoms with Gasteiger partial charge >= 0.3 is 13.1 Å². The number of carbonyl (C=O) groups is 2. The molecule has 10 nitrogen and oxygen atoms in total. The van der Waals surface area contributed by atoms with Crippen LogP contribution in [-0.4, -0.2) is 73.3 Å². The molecule has 0 unspecified atom stereocenters.